The van der Waals surface area contributed by atoms with Crippen molar-refractivity contribution in [3.05, 3.63) is 41.5 Å². The van der Waals surface area contributed by atoms with Gasteiger partial charge in [0.1, 0.15) is 24.0 Å². The second-order valence-electron chi connectivity index (χ2n) is 8.47. The molecule has 0 radical (unpaired) electrons. The summed E-state index contributed by atoms with van der Waals surface area (Å²) in [6, 6.07) is 9.83. The van der Waals surface area contributed by atoms with E-state index in [1.807, 2.05) is 30.3 Å². The monoisotopic (exact) mass is 455 g/mol. The predicted octanol–water partition coefficient (Wildman–Crippen LogP) is 0.785. The van der Waals surface area contributed by atoms with E-state index >= 15 is 0 Å². The summed E-state index contributed by atoms with van der Waals surface area (Å²) in [7, 11) is 1.79. The summed E-state index contributed by atoms with van der Waals surface area (Å²) in [5.74, 6) is -1.26. The minimum atomic E-state index is -1.78. The molecule has 1 aliphatic carbocycles. The Bertz CT molecular complexity index is 1200. The van der Waals surface area contributed by atoms with Gasteiger partial charge in [0.15, 0.2) is 11.8 Å². The Hall–Kier alpha value is -3.05. The third kappa shape index (κ3) is 3.65. The highest BCUT2D eigenvalue weighted by Gasteiger charge is 2.48. The molecule has 174 valence electrons. The van der Waals surface area contributed by atoms with Crippen molar-refractivity contribution in [1.82, 2.24) is 14.8 Å². The molecule has 0 amide bonds. The van der Waals surface area contributed by atoms with Crippen LogP contribution in [0.1, 0.15) is 24.0 Å². The third-order valence-corrected chi connectivity index (χ3v) is 6.34. The lowest BCUT2D eigenvalue weighted by Gasteiger charge is -2.38. The third-order valence-electron chi connectivity index (χ3n) is 6.34. The van der Waals surface area contributed by atoms with Gasteiger partial charge in [0.05, 0.1) is 5.39 Å². The van der Waals surface area contributed by atoms with Gasteiger partial charge in [0.2, 0.25) is 12.2 Å². The number of pyridine rings is 1. The molecule has 5 atom stereocenters. The summed E-state index contributed by atoms with van der Waals surface area (Å²) in [6.07, 6.45) is -5.04. The SMILES string of the molecule is Cn1nc(-c2ccccc2)c2c3c(c(O[C@@H]4O[C@H](C(=O)O)[C@H](O)[C@H](O)[C@H]4O)nc21)CCCC3. The van der Waals surface area contributed by atoms with Gasteiger partial charge in [-0.05, 0) is 31.2 Å². The fourth-order valence-electron chi connectivity index (χ4n) is 4.66. The maximum absolute atomic E-state index is 11.4. The summed E-state index contributed by atoms with van der Waals surface area (Å²) in [6.45, 7) is 0. The smallest absolute Gasteiger partial charge is 0.335 e. The Labute approximate surface area is 189 Å². The summed E-state index contributed by atoms with van der Waals surface area (Å²) >= 11 is 0. The molecule has 0 spiro atoms. The van der Waals surface area contributed by atoms with Gasteiger partial charge in [-0.25, -0.2) is 9.48 Å². The van der Waals surface area contributed by atoms with Crippen LogP contribution >= 0.6 is 0 Å². The number of carbonyl (C=O) groups is 1. The highest BCUT2D eigenvalue weighted by atomic mass is 16.7. The number of aryl methyl sites for hydroxylation is 2. The molecule has 2 aromatic heterocycles. The van der Waals surface area contributed by atoms with Crippen LogP contribution < -0.4 is 4.74 Å². The molecular formula is C23H25N3O7. The number of aliphatic hydroxyl groups is 3. The van der Waals surface area contributed by atoms with Crippen LogP contribution in [0.3, 0.4) is 0 Å². The molecule has 5 rings (SSSR count). The number of rotatable bonds is 4. The molecule has 4 N–H and O–H groups in total. The van der Waals surface area contributed by atoms with Crippen molar-refractivity contribution in [3.63, 3.8) is 0 Å². The van der Waals surface area contributed by atoms with Gasteiger partial charge in [-0.1, -0.05) is 30.3 Å². The number of fused-ring (bicyclic) bond motifs is 3. The Morgan fingerprint density at radius 1 is 1.06 bits per heavy atom. The molecular weight excluding hydrogens is 430 g/mol. The van der Waals surface area contributed by atoms with E-state index in [9.17, 15) is 25.2 Å². The predicted molar refractivity (Wildman–Crippen MR) is 116 cm³/mol. The van der Waals surface area contributed by atoms with E-state index in [0.29, 0.717) is 12.1 Å². The molecule has 0 bridgehead atoms. The Kier molecular flexibility index (Phi) is 5.53. The molecule has 1 fully saturated rings. The van der Waals surface area contributed by atoms with Gasteiger partial charge in [-0.2, -0.15) is 10.1 Å². The molecule has 1 aromatic carbocycles. The van der Waals surface area contributed by atoms with Crippen LogP contribution in [0.25, 0.3) is 22.3 Å². The molecule has 0 saturated carbocycles. The number of aliphatic hydroxyl groups excluding tert-OH is 3. The highest BCUT2D eigenvalue weighted by Crippen LogP contribution is 2.39. The molecule has 3 aromatic rings. The first-order chi connectivity index (χ1) is 15.9. The summed E-state index contributed by atoms with van der Waals surface area (Å²) in [5.41, 5.74) is 4.28. The van der Waals surface area contributed by atoms with Crippen LogP contribution in [-0.2, 0) is 29.4 Å². The Balaban J connectivity index is 1.60. The quantitative estimate of drug-likeness (QED) is 0.448. The molecule has 10 nitrogen and oxygen atoms in total. The number of aliphatic carboxylic acids is 1. The summed E-state index contributed by atoms with van der Waals surface area (Å²) in [4.78, 5) is 16.1. The largest absolute Gasteiger partial charge is 0.479 e. The maximum Gasteiger partial charge on any atom is 0.335 e. The van der Waals surface area contributed by atoms with Crippen molar-refractivity contribution >= 4 is 17.0 Å². The van der Waals surface area contributed by atoms with E-state index in [1.165, 1.54) is 0 Å². The van der Waals surface area contributed by atoms with E-state index in [-0.39, 0.29) is 5.88 Å². The van der Waals surface area contributed by atoms with Crippen molar-refractivity contribution in [2.45, 2.75) is 56.4 Å². The zero-order valence-corrected chi connectivity index (χ0v) is 18.0. The van der Waals surface area contributed by atoms with E-state index in [4.69, 9.17) is 14.6 Å². The van der Waals surface area contributed by atoms with E-state index in [2.05, 4.69) is 4.98 Å². The first kappa shape index (κ1) is 21.8. The van der Waals surface area contributed by atoms with E-state index in [1.54, 1.807) is 11.7 Å². The van der Waals surface area contributed by atoms with E-state index < -0.39 is 36.7 Å². The van der Waals surface area contributed by atoms with Crippen LogP contribution in [0.15, 0.2) is 30.3 Å². The Morgan fingerprint density at radius 3 is 2.45 bits per heavy atom. The fraction of sp³-hybridized carbons (Fsp3) is 0.435. The highest BCUT2D eigenvalue weighted by molar-refractivity contribution is 5.95. The molecule has 1 aliphatic heterocycles. The normalized spacial score (nSPS) is 27.3. The van der Waals surface area contributed by atoms with Gasteiger partial charge >= 0.3 is 5.97 Å². The van der Waals surface area contributed by atoms with Gasteiger partial charge in [-0.3, -0.25) is 0 Å². The zero-order valence-electron chi connectivity index (χ0n) is 18.0. The summed E-state index contributed by atoms with van der Waals surface area (Å²) < 4.78 is 12.9. The van der Waals surface area contributed by atoms with Crippen LogP contribution in [0.5, 0.6) is 5.88 Å². The first-order valence-corrected chi connectivity index (χ1v) is 10.9. The number of nitrogens with zero attached hydrogens (tertiary/aromatic N) is 3. The van der Waals surface area contributed by atoms with Crippen LogP contribution in [-0.4, -0.2) is 71.9 Å². The molecule has 33 heavy (non-hydrogen) atoms. The Morgan fingerprint density at radius 2 is 1.76 bits per heavy atom. The van der Waals surface area contributed by atoms with Gasteiger partial charge in [-0.15, -0.1) is 0 Å². The second-order valence-corrected chi connectivity index (χ2v) is 8.47. The lowest BCUT2D eigenvalue weighted by molar-refractivity contribution is -0.271. The molecule has 3 heterocycles. The van der Waals surface area contributed by atoms with Crippen molar-refractivity contribution in [2.75, 3.05) is 0 Å². The average Bonchev–Trinajstić information content (AvgIpc) is 3.16. The second kappa shape index (κ2) is 8.38. The van der Waals surface area contributed by atoms with Gasteiger partial charge < -0.3 is 29.9 Å². The minimum absolute atomic E-state index is 0.205. The summed E-state index contributed by atoms with van der Waals surface area (Å²) in [5, 5.41) is 45.4. The average molecular weight is 455 g/mol. The lowest BCUT2D eigenvalue weighted by Crippen LogP contribution is -2.61. The van der Waals surface area contributed by atoms with Crippen molar-refractivity contribution in [1.29, 1.82) is 0 Å². The minimum Gasteiger partial charge on any atom is -0.479 e. The van der Waals surface area contributed by atoms with Crippen LogP contribution in [0, 0.1) is 0 Å². The molecule has 0 unspecified atom stereocenters. The number of ether oxygens (including phenoxy) is 2. The topological polar surface area (TPSA) is 147 Å². The fourth-order valence-corrected chi connectivity index (χ4v) is 4.66. The maximum atomic E-state index is 11.4. The molecule has 10 heteroatoms. The van der Waals surface area contributed by atoms with Gasteiger partial charge in [0, 0.05) is 18.2 Å². The number of hydrogen-bond acceptors (Lipinski definition) is 8. The number of aromatic nitrogens is 3. The van der Waals surface area contributed by atoms with Crippen molar-refractivity contribution in [2.24, 2.45) is 7.05 Å². The van der Waals surface area contributed by atoms with Crippen LogP contribution in [0.4, 0.5) is 0 Å². The number of benzene rings is 1. The lowest BCUT2D eigenvalue weighted by atomic mass is 9.89. The van der Waals surface area contributed by atoms with Crippen molar-refractivity contribution < 1.29 is 34.7 Å². The standard InChI is InChI=1S/C23H25N3O7/c1-26-20-14(15(25-26)11-7-3-2-4-8-11)12-9-5-6-10-13(12)21(24-20)33-23-18(29)16(27)17(28)19(32-23)22(30)31/h2-4,7-8,16-19,23,27-29H,5-6,9-10H2,1H3,(H,30,31)/t16-,17+,18+,19-,23-/m0/s1. The van der Waals surface area contributed by atoms with E-state index in [0.717, 1.165) is 47.0 Å². The molecule has 1 saturated heterocycles. The number of carboxylic acid groups (broad SMARTS) is 1. The van der Waals surface area contributed by atoms with Gasteiger partial charge in [0.25, 0.3) is 0 Å². The number of hydrogen-bond donors (Lipinski definition) is 4. The van der Waals surface area contributed by atoms with Crippen LogP contribution in [0.2, 0.25) is 0 Å². The zero-order chi connectivity index (χ0) is 23.3. The number of carboxylic acids is 1. The first-order valence-electron chi connectivity index (χ1n) is 10.9. The molecule has 2 aliphatic rings. The van der Waals surface area contributed by atoms with Crippen molar-refractivity contribution in [3.8, 4) is 17.1 Å².